The van der Waals surface area contributed by atoms with E-state index in [2.05, 4.69) is 16.0 Å². The van der Waals surface area contributed by atoms with E-state index in [1.165, 1.54) is 12.1 Å². The first-order valence-corrected chi connectivity index (χ1v) is 9.43. The van der Waals surface area contributed by atoms with Crippen LogP contribution < -0.4 is 25.4 Å². The predicted molar refractivity (Wildman–Crippen MR) is 120 cm³/mol. The molecule has 0 saturated heterocycles. The van der Waals surface area contributed by atoms with E-state index >= 15 is 0 Å². The summed E-state index contributed by atoms with van der Waals surface area (Å²) in [6.45, 7) is 2.26. The molecule has 0 aliphatic rings. The van der Waals surface area contributed by atoms with Gasteiger partial charge in [-0.05, 0) is 37.3 Å². The highest BCUT2D eigenvalue weighted by atomic mass is 16.5. The van der Waals surface area contributed by atoms with Crippen molar-refractivity contribution in [2.45, 2.75) is 6.92 Å². The Morgan fingerprint density at radius 1 is 0.903 bits per heavy atom. The lowest BCUT2D eigenvalue weighted by Gasteiger charge is -2.17. The molecule has 160 valence electrons. The minimum atomic E-state index is -1.13. The number of aromatic carboxylic acids is 1. The van der Waals surface area contributed by atoms with Gasteiger partial charge >= 0.3 is 5.97 Å². The van der Waals surface area contributed by atoms with E-state index in [0.29, 0.717) is 23.6 Å². The van der Waals surface area contributed by atoms with Gasteiger partial charge in [-0.3, -0.25) is 4.79 Å². The van der Waals surface area contributed by atoms with Crippen LogP contribution in [0.3, 0.4) is 0 Å². The fourth-order valence-electron chi connectivity index (χ4n) is 3.03. The molecule has 0 aliphatic carbocycles. The van der Waals surface area contributed by atoms with Crippen LogP contribution in [0, 0.1) is 6.92 Å². The summed E-state index contributed by atoms with van der Waals surface area (Å²) in [6, 6.07) is 15.7. The average molecular weight is 421 g/mol. The number of carbonyl (C=O) groups excluding carboxylic acids is 1. The molecule has 8 heteroatoms. The SMILES string of the molecule is CNc1ccc(Nc2cc(OC=O)c(Nc3ccc(C)cc3)cc2C(=O)O)cc1OC. The van der Waals surface area contributed by atoms with Crippen LogP contribution in [-0.4, -0.2) is 31.7 Å². The van der Waals surface area contributed by atoms with E-state index in [4.69, 9.17) is 9.47 Å². The lowest BCUT2D eigenvalue weighted by atomic mass is 10.1. The first-order chi connectivity index (χ1) is 14.9. The smallest absolute Gasteiger partial charge is 0.337 e. The quantitative estimate of drug-likeness (QED) is 0.366. The molecular weight excluding hydrogens is 398 g/mol. The summed E-state index contributed by atoms with van der Waals surface area (Å²) in [6.07, 6.45) is 0. The molecule has 0 saturated carbocycles. The predicted octanol–water partition coefficient (Wildman–Crippen LogP) is 4.77. The number of hydrogen-bond donors (Lipinski definition) is 4. The fraction of sp³-hybridized carbons (Fsp3) is 0.130. The third-order valence-electron chi connectivity index (χ3n) is 4.61. The topological polar surface area (TPSA) is 109 Å². The first-order valence-electron chi connectivity index (χ1n) is 9.43. The summed E-state index contributed by atoms with van der Waals surface area (Å²) >= 11 is 0. The van der Waals surface area contributed by atoms with Gasteiger partial charge in [-0.25, -0.2) is 4.79 Å². The van der Waals surface area contributed by atoms with Crippen molar-refractivity contribution in [2.24, 2.45) is 0 Å². The molecule has 0 heterocycles. The zero-order valence-corrected chi connectivity index (χ0v) is 17.4. The average Bonchev–Trinajstić information content (AvgIpc) is 2.76. The lowest BCUT2D eigenvalue weighted by Crippen LogP contribution is -2.06. The van der Waals surface area contributed by atoms with Crippen LogP contribution in [0.1, 0.15) is 15.9 Å². The maximum absolute atomic E-state index is 11.9. The zero-order chi connectivity index (χ0) is 22.4. The van der Waals surface area contributed by atoms with Gasteiger partial charge in [0.05, 0.1) is 29.7 Å². The fourth-order valence-corrected chi connectivity index (χ4v) is 3.03. The van der Waals surface area contributed by atoms with Gasteiger partial charge in [-0.1, -0.05) is 17.7 Å². The second kappa shape index (κ2) is 9.53. The molecule has 0 bridgehead atoms. The summed E-state index contributed by atoms with van der Waals surface area (Å²) in [5.41, 5.74) is 3.82. The molecular formula is C23H23N3O5. The van der Waals surface area contributed by atoms with Crippen LogP contribution in [-0.2, 0) is 4.79 Å². The Hall–Kier alpha value is -4.20. The van der Waals surface area contributed by atoms with Gasteiger partial charge in [0.1, 0.15) is 5.75 Å². The van der Waals surface area contributed by atoms with Gasteiger partial charge < -0.3 is 30.5 Å². The van der Waals surface area contributed by atoms with Gasteiger partial charge in [0, 0.05) is 30.6 Å². The van der Waals surface area contributed by atoms with E-state index in [1.807, 2.05) is 31.2 Å². The third-order valence-corrected chi connectivity index (χ3v) is 4.61. The Balaban J connectivity index is 2.01. The highest BCUT2D eigenvalue weighted by molar-refractivity contribution is 5.98. The van der Waals surface area contributed by atoms with E-state index < -0.39 is 5.97 Å². The van der Waals surface area contributed by atoms with Crippen molar-refractivity contribution in [1.29, 1.82) is 0 Å². The number of methoxy groups -OCH3 is 1. The molecule has 0 radical (unpaired) electrons. The van der Waals surface area contributed by atoms with Crippen molar-refractivity contribution < 1.29 is 24.2 Å². The van der Waals surface area contributed by atoms with Crippen molar-refractivity contribution in [3.8, 4) is 11.5 Å². The Morgan fingerprint density at radius 3 is 2.19 bits per heavy atom. The van der Waals surface area contributed by atoms with Crippen molar-refractivity contribution >= 4 is 40.9 Å². The maximum Gasteiger partial charge on any atom is 0.337 e. The number of rotatable bonds is 9. The summed E-state index contributed by atoms with van der Waals surface area (Å²) in [5.74, 6) is -0.362. The van der Waals surface area contributed by atoms with Gasteiger partial charge in [0.2, 0.25) is 0 Å². The maximum atomic E-state index is 11.9. The number of carboxylic acids is 1. The number of nitrogens with one attached hydrogen (secondary N) is 3. The van der Waals surface area contributed by atoms with Crippen molar-refractivity contribution in [1.82, 2.24) is 0 Å². The zero-order valence-electron chi connectivity index (χ0n) is 17.4. The van der Waals surface area contributed by atoms with Crippen LogP contribution in [0.2, 0.25) is 0 Å². The van der Waals surface area contributed by atoms with Gasteiger partial charge in [-0.2, -0.15) is 0 Å². The molecule has 0 unspecified atom stereocenters. The lowest BCUT2D eigenvalue weighted by molar-refractivity contribution is -0.120. The number of anilines is 5. The number of benzene rings is 3. The molecule has 0 aliphatic heterocycles. The minimum Gasteiger partial charge on any atom is -0.495 e. The van der Waals surface area contributed by atoms with Crippen LogP contribution in [0.25, 0.3) is 0 Å². The van der Waals surface area contributed by atoms with E-state index in [1.54, 1.807) is 32.4 Å². The standard InChI is InChI=1S/C23H23N3O5/c1-14-4-6-15(7-5-14)25-20-11-17(23(28)29)19(12-22(20)31-13-27)26-16-8-9-18(24-2)21(10-16)30-3/h4-13,24-26H,1-3H3,(H,28,29). The molecule has 0 amide bonds. The van der Waals surface area contributed by atoms with Crippen LogP contribution in [0.15, 0.2) is 54.6 Å². The molecule has 3 aromatic carbocycles. The third kappa shape index (κ3) is 5.05. The summed E-state index contributed by atoms with van der Waals surface area (Å²) in [4.78, 5) is 23.0. The molecule has 0 aromatic heterocycles. The van der Waals surface area contributed by atoms with Gasteiger partial charge in [0.15, 0.2) is 5.75 Å². The highest BCUT2D eigenvalue weighted by Gasteiger charge is 2.17. The molecule has 3 aromatic rings. The number of ether oxygens (including phenoxy) is 2. The largest absolute Gasteiger partial charge is 0.495 e. The second-order valence-electron chi connectivity index (χ2n) is 6.69. The molecule has 0 fully saturated rings. The van der Waals surface area contributed by atoms with Gasteiger partial charge in [0.25, 0.3) is 6.47 Å². The van der Waals surface area contributed by atoms with Crippen LogP contribution >= 0.6 is 0 Å². The molecule has 0 spiro atoms. The minimum absolute atomic E-state index is 0.00419. The summed E-state index contributed by atoms with van der Waals surface area (Å²) in [5, 5.41) is 18.9. The second-order valence-corrected chi connectivity index (χ2v) is 6.69. The number of hydrogen-bond acceptors (Lipinski definition) is 7. The Morgan fingerprint density at radius 2 is 1.58 bits per heavy atom. The van der Waals surface area contributed by atoms with Gasteiger partial charge in [-0.15, -0.1) is 0 Å². The molecule has 8 nitrogen and oxygen atoms in total. The van der Waals surface area contributed by atoms with Crippen LogP contribution in [0.5, 0.6) is 11.5 Å². The number of carboxylic acid groups (broad SMARTS) is 1. The summed E-state index contributed by atoms with van der Waals surface area (Å²) < 4.78 is 10.5. The molecule has 4 N–H and O–H groups in total. The van der Waals surface area contributed by atoms with E-state index in [-0.39, 0.29) is 17.0 Å². The monoisotopic (exact) mass is 421 g/mol. The molecule has 0 atom stereocenters. The number of aryl methyl sites for hydroxylation is 1. The van der Waals surface area contributed by atoms with E-state index in [0.717, 1.165) is 16.9 Å². The van der Waals surface area contributed by atoms with Crippen LogP contribution in [0.4, 0.5) is 28.4 Å². The highest BCUT2D eigenvalue weighted by Crippen LogP contribution is 2.36. The number of carbonyl (C=O) groups is 2. The Kier molecular flexibility index (Phi) is 6.61. The molecule has 3 rings (SSSR count). The molecule has 31 heavy (non-hydrogen) atoms. The summed E-state index contributed by atoms with van der Waals surface area (Å²) in [7, 11) is 3.32. The Bertz CT molecular complexity index is 1100. The normalized spacial score (nSPS) is 10.2. The van der Waals surface area contributed by atoms with Crippen molar-refractivity contribution in [3.05, 3.63) is 65.7 Å². The first kappa shape index (κ1) is 21.5. The van der Waals surface area contributed by atoms with E-state index in [9.17, 15) is 14.7 Å². The van der Waals surface area contributed by atoms with Crippen molar-refractivity contribution in [3.63, 3.8) is 0 Å². The van der Waals surface area contributed by atoms with Crippen molar-refractivity contribution in [2.75, 3.05) is 30.1 Å². The Labute approximate surface area is 179 Å².